The molecule has 3 aliphatic rings. The Kier molecular flexibility index (Phi) is 5.80. The Morgan fingerprint density at radius 1 is 0.682 bits per heavy atom. The molecular formula is C19H33F2P. The van der Waals surface area contributed by atoms with Crippen LogP contribution >= 0.6 is 9.24 Å². The Hall–Kier alpha value is 0.290. The van der Waals surface area contributed by atoms with Gasteiger partial charge in [0, 0.05) is 5.66 Å². The molecule has 0 heterocycles. The second kappa shape index (κ2) is 7.45. The summed E-state index contributed by atoms with van der Waals surface area (Å²) >= 11 is 0. The van der Waals surface area contributed by atoms with Crippen molar-refractivity contribution in [2.75, 3.05) is 0 Å². The van der Waals surface area contributed by atoms with Crippen molar-refractivity contribution in [3.63, 3.8) is 0 Å². The van der Waals surface area contributed by atoms with Gasteiger partial charge in [0.05, 0.1) is 0 Å². The maximum absolute atomic E-state index is 14.8. The largest absolute Gasteiger partial charge is 0.247 e. The second-order valence-electron chi connectivity index (χ2n) is 8.53. The van der Waals surface area contributed by atoms with E-state index in [2.05, 4.69) is 16.2 Å². The summed E-state index contributed by atoms with van der Waals surface area (Å²) in [7, 11) is 2.66. The van der Waals surface area contributed by atoms with Gasteiger partial charge in [-0.25, -0.2) is 8.78 Å². The minimum Gasteiger partial charge on any atom is -0.247 e. The fourth-order valence-electron chi connectivity index (χ4n) is 5.48. The van der Waals surface area contributed by atoms with Gasteiger partial charge in [0.15, 0.2) is 0 Å². The molecule has 0 aromatic rings. The predicted molar refractivity (Wildman–Crippen MR) is 92.6 cm³/mol. The van der Waals surface area contributed by atoms with E-state index in [4.69, 9.17) is 0 Å². The van der Waals surface area contributed by atoms with E-state index in [1.807, 2.05) is 0 Å². The molecule has 0 aromatic heterocycles. The lowest BCUT2D eigenvalue weighted by molar-refractivity contribution is 0.0324. The summed E-state index contributed by atoms with van der Waals surface area (Å²) in [6, 6.07) is 0. The van der Waals surface area contributed by atoms with Gasteiger partial charge in [-0.3, -0.25) is 0 Å². The summed E-state index contributed by atoms with van der Waals surface area (Å²) in [6.07, 6.45) is 9.52. The zero-order valence-electron chi connectivity index (χ0n) is 14.0. The average Bonchev–Trinajstić information content (AvgIpc) is 2.51. The Bertz CT molecular complexity index is 353. The monoisotopic (exact) mass is 330 g/mol. The average molecular weight is 330 g/mol. The number of hydrogen-bond donors (Lipinski definition) is 0. The summed E-state index contributed by atoms with van der Waals surface area (Å²) in [5.74, 6) is 2.93. The molecule has 128 valence electrons. The molecule has 22 heavy (non-hydrogen) atoms. The van der Waals surface area contributed by atoms with Gasteiger partial charge in [-0.05, 0) is 81.0 Å². The lowest BCUT2D eigenvalue weighted by Gasteiger charge is -2.43. The van der Waals surface area contributed by atoms with Gasteiger partial charge in [0.2, 0.25) is 0 Å². The molecule has 0 spiro atoms. The van der Waals surface area contributed by atoms with Crippen molar-refractivity contribution < 1.29 is 8.78 Å². The summed E-state index contributed by atoms with van der Waals surface area (Å²) in [5, 5.41) is 0. The normalized spacial score (nSPS) is 50.7. The molecule has 3 rings (SSSR count). The highest BCUT2D eigenvalue weighted by Gasteiger charge is 2.41. The van der Waals surface area contributed by atoms with Crippen LogP contribution in [0.4, 0.5) is 8.78 Å². The number of halogens is 2. The zero-order chi connectivity index (χ0) is 15.7. The molecule has 0 amide bonds. The fraction of sp³-hybridized carbons (Fsp3) is 1.00. The third-order valence-corrected chi connectivity index (χ3v) is 7.74. The van der Waals surface area contributed by atoms with Crippen LogP contribution in [0.5, 0.6) is 0 Å². The topological polar surface area (TPSA) is 0 Å². The molecule has 3 saturated carbocycles. The van der Waals surface area contributed by atoms with Gasteiger partial charge < -0.3 is 0 Å². The van der Waals surface area contributed by atoms with Crippen LogP contribution in [-0.4, -0.2) is 18.0 Å². The molecule has 3 heteroatoms. The number of rotatable bonds is 2. The standard InChI is InChI=1S/C19H33F2P/c1-12-2-4-13(5-3-12)14-6-8-16(18(21)10-14)15-7-9-17(20)19(22)11-15/h12-19H,2-11,22H2,1H3. The SMILES string of the molecule is CC1CCC(C2CCC(C3CCC(F)C(P)C3)C(F)C2)CC1. The zero-order valence-corrected chi connectivity index (χ0v) is 15.2. The summed E-state index contributed by atoms with van der Waals surface area (Å²) in [5.41, 5.74) is 0.0588. The molecule has 0 aromatic carbocycles. The minimum atomic E-state index is -0.681. The summed E-state index contributed by atoms with van der Waals surface area (Å²) in [6.45, 7) is 2.35. The van der Waals surface area contributed by atoms with Crippen LogP contribution in [0.15, 0.2) is 0 Å². The number of hydrogen-bond acceptors (Lipinski definition) is 0. The van der Waals surface area contributed by atoms with Crippen LogP contribution in [-0.2, 0) is 0 Å². The molecule has 0 bridgehead atoms. The Balaban J connectivity index is 1.52. The minimum absolute atomic E-state index is 0.0588. The highest BCUT2D eigenvalue weighted by Crippen LogP contribution is 2.47. The second-order valence-corrected chi connectivity index (χ2v) is 9.38. The summed E-state index contributed by atoms with van der Waals surface area (Å²) in [4.78, 5) is 0. The van der Waals surface area contributed by atoms with Crippen LogP contribution in [0.1, 0.15) is 71.1 Å². The third-order valence-electron chi connectivity index (χ3n) is 7.05. The van der Waals surface area contributed by atoms with E-state index in [0.717, 1.165) is 37.5 Å². The van der Waals surface area contributed by atoms with Gasteiger partial charge in [0.1, 0.15) is 12.3 Å². The van der Waals surface area contributed by atoms with Crippen molar-refractivity contribution in [3.05, 3.63) is 0 Å². The quantitative estimate of drug-likeness (QED) is 0.549. The van der Waals surface area contributed by atoms with Crippen molar-refractivity contribution in [3.8, 4) is 0 Å². The molecular weight excluding hydrogens is 297 g/mol. The molecule has 3 aliphatic carbocycles. The molecule has 0 radical (unpaired) electrons. The van der Waals surface area contributed by atoms with Gasteiger partial charge in [0.25, 0.3) is 0 Å². The van der Waals surface area contributed by atoms with E-state index in [1.54, 1.807) is 0 Å². The van der Waals surface area contributed by atoms with Crippen LogP contribution in [0, 0.1) is 29.6 Å². The fourth-order valence-corrected chi connectivity index (χ4v) is 6.02. The maximum Gasteiger partial charge on any atom is 0.106 e. The lowest BCUT2D eigenvalue weighted by Crippen LogP contribution is -2.39. The third kappa shape index (κ3) is 3.85. The smallest absolute Gasteiger partial charge is 0.106 e. The molecule has 0 aliphatic heterocycles. The summed E-state index contributed by atoms with van der Waals surface area (Å²) < 4.78 is 28.5. The lowest BCUT2D eigenvalue weighted by atomic mass is 9.65. The highest BCUT2D eigenvalue weighted by atomic mass is 31.0. The van der Waals surface area contributed by atoms with Gasteiger partial charge in [-0.2, -0.15) is 0 Å². The van der Waals surface area contributed by atoms with Crippen LogP contribution in [0.3, 0.4) is 0 Å². The Morgan fingerprint density at radius 2 is 1.32 bits per heavy atom. The molecule has 7 unspecified atom stereocenters. The highest BCUT2D eigenvalue weighted by molar-refractivity contribution is 7.17. The first-order chi connectivity index (χ1) is 10.5. The van der Waals surface area contributed by atoms with Crippen molar-refractivity contribution in [1.82, 2.24) is 0 Å². The van der Waals surface area contributed by atoms with E-state index in [-0.39, 0.29) is 11.6 Å². The van der Waals surface area contributed by atoms with Gasteiger partial charge in [-0.15, -0.1) is 9.24 Å². The van der Waals surface area contributed by atoms with E-state index < -0.39 is 12.3 Å². The maximum atomic E-state index is 14.8. The molecule has 0 N–H and O–H groups in total. The molecule has 3 fully saturated rings. The van der Waals surface area contributed by atoms with Crippen LogP contribution in [0.2, 0.25) is 0 Å². The number of alkyl halides is 2. The first kappa shape index (κ1) is 17.1. The van der Waals surface area contributed by atoms with Crippen LogP contribution in [0.25, 0.3) is 0 Å². The molecule has 7 atom stereocenters. The predicted octanol–water partition coefficient (Wildman–Crippen LogP) is 5.95. The van der Waals surface area contributed by atoms with Gasteiger partial charge in [-0.1, -0.05) is 19.8 Å². The van der Waals surface area contributed by atoms with Crippen LogP contribution < -0.4 is 0 Å². The van der Waals surface area contributed by atoms with E-state index in [1.165, 1.54) is 32.1 Å². The van der Waals surface area contributed by atoms with Crippen molar-refractivity contribution in [2.24, 2.45) is 29.6 Å². The van der Waals surface area contributed by atoms with E-state index in [0.29, 0.717) is 18.3 Å². The van der Waals surface area contributed by atoms with Crippen molar-refractivity contribution >= 4 is 9.24 Å². The first-order valence-corrected chi connectivity index (χ1v) is 10.2. The van der Waals surface area contributed by atoms with E-state index >= 15 is 0 Å². The molecule has 0 nitrogen and oxygen atoms in total. The first-order valence-electron chi connectivity index (χ1n) is 9.58. The molecule has 0 saturated heterocycles. The van der Waals surface area contributed by atoms with Crippen molar-refractivity contribution in [2.45, 2.75) is 89.1 Å². The van der Waals surface area contributed by atoms with E-state index in [9.17, 15) is 8.78 Å². The Labute approximate surface area is 137 Å². The van der Waals surface area contributed by atoms with Crippen molar-refractivity contribution in [1.29, 1.82) is 0 Å². The van der Waals surface area contributed by atoms with Gasteiger partial charge >= 0.3 is 0 Å². The Morgan fingerprint density at radius 3 is 1.95 bits per heavy atom.